The molecule has 2 aromatic carbocycles. The maximum absolute atomic E-state index is 12.1. The molecule has 0 fully saturated rings. The second-order valence-electron chi connectivity index (χ2n) is 5.34. The molecule has 0 saturated heterocycles. The van der Waals surface area contributed by atoms with Crippen LogP contribution in [0.25, 0.3) is 0 Å². The predicted octanol–water partition coefficient (Wildman–Crippen LogP) is 4.03. The minimum absolute atomic E-state index is 0.0705. The van der Waals surface area contributed by atoms with E-state index in [9.17, 15) is 20.0 Å². The van der Waals surface area contributed by atoms with Gasteiger partial charge in [-0.25, -0.2) is 0 Å². The van der Waals surface area contributed by atoms with Crippen LogP contribution in [-0.2, 0) is 0 Å². The number of amides is 1. The normalized spacial score (nSPS) is 10.9. The first-order chi connectivity index (χ1) is 12.9. The second-order valence-corrected chi connectivity index (χ2v) is 6.20. The number of rotatable bonds is 5. The van der Waals surface area contributed by atoms with Crippen molar-refractivity contribution in [3.63, 3.8) is 0 Å². The van der Waals surface area contributed by atoms with E-state index in [0.29, 0.717) is 11.4 Å². The highest BCUT2D eigenvalue weighted by molar-refractivity contribution is 9.10. The standard InChI is InChI=1S/C18H12BrN3O5/c19-15-9-14(22(25)26)7-11(17(15)23)10-20-12-3-1-4-13(8-12)21-18(24)16-5-2-6-27-16/h1-10,23H,(H,21,24)/p-1. The Morgan fingerprint density at radius 2 is 2.04 bits per heavy atom. The summed E-state index contributed by atoms with van der Waals surface area (Å²) in [6, 6.07) is 12.0. The van der Waals surface area contributed by atoms with E-state index in [1.807, 2.05) is 0 Å². The molecule has 27 heavy (non-hydrogen) atoms. The Balaban J connectivity index is 1.82. The smallest absolute Gasteiger partial charge is 0.291 e. The number of benzene rings is 2. The van der Waals surface area contributed by atoms with Crippen LogP contribution in [0.3, 0.4) is 0 Å². The van der Waals surface area contributed by atoms with Crippen LogP contribution in [-0.4, -0.2) is 17.0 Å². The summed E-state index contributed by atoms with van der Waals surface area (Å²) in [6.45, 7) is 0. The van der Waals surface area contributed by atoms with Crippen molar-refractivity contribution in [2.24, 2.45) is 4.99 Å². The highest BCUT2D eigenvalue weighted by Gasteiger charge is 2.10. The van der Waals surface area contributed by atoms with Gasteiger partial charge in [-0.2, -0.15) is 0 Å². The van der Waals surface area contributed by atoms with Crippen LogP contribution < -0.4 is 10.4 Å². The monoisotopic (exact) mass is 428 g/mol. The number of hydrogen-bond donors (Lipinski definition) is 1. The fraction of sp³-hybridized carbons (Fsp3) is 0. The van der Waals surface area contributed by atoms with Gasteiger partial charge in [0.1, 0.15) is 0 Å². The van der Waals surface area contributed by atoms with Gasteiger partial charge >= 0.3 is 0 Å². The van der Waals surface area contributed by atoms with Crippen molar-refractivity contribution in [3.05, 3.63) is 80.7 Å². The Bertz CT molecular complexity index is 1030. The molecule has 1 N–H and O–H groups in total. The zero-order chi connectivity index (χ0) is 19.4. The number of nitrogens with zero attached hydrogens (tertiary/aromatic N) is 2. The third kappa shape index (κ3) is 4.39. The molecule has 0 aliphatic carbocycles. The minimum atomic E-state index is -0.591. The molecule has 3 rings (SSSR count). The molecular formula is C18H11BrN3O5-. The van der Waals surface area contributed by atoms with Gasteiger partial charge in [-0.1, -0.05) is 27.7 Å². The number of anilines is 1. The van der Waals surface area contributed by atoms with Crippen LogP contribution in [0.1, 0.15) is 16.1 Å². The molecule has 0 aliphatic heterocycles. The van der Waals surface area contributed by atoms with Crippen molar-refractivity contribution >= 4 is 45.1 Å². The number of nitrogens with one attached hydrogen (secondary N) is 1. The minimum Gasteiger partial charge on any atom is -0.871 e. The van der Waals surface area contributed by atoms with Crippen molar-refractivity contribution in [3.8, 4) is 5.75 Å². The Morgan fingerprint density at radius 3 is 2.74 bits per heavy atom. The van der Waals surface area contributed by atoms with Gasteiger partial charge in [-0.05, 0) is 35.9 Å². The Kier molecular flexibility index (Phi) is 5.32. The molecule has 0 aliphatic rings. The van der Waals surface area contributed by atoms with E-state index in [1.165, 1.54) is 18.5 Å². The summed E-state index contributed by atoms with van der Waals surface area (Å²) in [5.41, 5.74) is 0.784. The van der Waals surface area contributed by atoms with Gasteiger partial charge in [-0.3, -0.25) is 19.9 Å². The maximum atomic E-state index is 12.1. The largest absolute Gasteiger partial charge is 0.871 e. The molecule has 0 bridgehead atoms. The molecule has 1 amide bonds. The van der Waals surface area contributed by atoms with Crippen LogP contribution in [0, 0.1) is 10.1 Å². The molecular weight excluding hydrogens is 418 g/mol. The lowest BCUT2D eigenvalue weighted by Gasteiger charge is -2.12. The number of carbonyl (C=O) groups is 1. The molecule has 136 valence electrons. The number of non-ortho nitro benzene ring substituents is 1. The molecule has 0 unspecified atom stereocenters. The number of furan rings is 1. The van der Waals surface area contributed by atoms with Gasteiger partial charge in [0.05, 0.1) is 16.9 Å². The van der Waals surface area contributed by atoms with Crippen LogP contribution in [0.15, 0.2) is 68.7 Å². The third-order valence-electron chi connectivity index (χ3n) is 3.47. The molecule has 0 atom stereocenters. The van der Waals surface area contributed by atoms with Gasteiger partial charge in [0, 0.05) is 28.5 Å². The zero-order valence-electron chi connectivity index (χ0n) is 13.6. The van der Waals surface area contributed by atoms with E-state index >= 15 is 0 Å². The number of nitro benzene ring substituents is 1. The van der Waals surface area contributed by atoms with Gasteiger partial charge in [0.25, 0.3) is 11.6 Å². The third-order valence-corrected chi connectivity index (χ3v) is 4.06. The van der Waals surface area contributed by atoms with Crippen molar-refractivity contribution in [1.29, 1.82) is 0 Å². The van der Waals surface area contributed by atoms with Crippen molar-refractivity contribution in [1.82, 2.24) is 0 Å². The zero-order valence-corrected chi connectivity index (χ0v) is 15.2. The van der Waals surface area contributed by atoms with Crippen molar-refractivity contribution < 1.29 is 19.2 Å². The van der Waals surface area contributed by atoms with Crippen LogP contribution in [0.4, 0.5) is 17.1 Å². The molecule has 8 nitrogen and oxygen atoms in total. The first-order valence-electron chi connectivity index (χ1n) is 7.58. The number of nitro groups is 1. The summed E-state index contributed by atoms with van der Waals surface area (Å²) < 4.78 is 5.10. The van der Waals surface area contributed by atoms with E-state index in [2.05, 4.69) is 26.2 Å². The fourth-order valence-corrected chi connectivity index (χ4v) is 2.67. The second kappa shape index (κ2) is 7.83. The Morgan fingerprint density at radius 1 is 1.22 bits per heavy atom. The molecule has 0 radical (unpaired) electrons. The Hall–Kier alpha value is -3.46. The first-order valence-corrected chi connectivity index (χ1v) is 8.37. The number of carbonyl (C=O) groups excluding carboxylic acids is 1. The lowest BCUT2D eigenvalue weighted by atomic mass is 10.2. The molecule has 3 aromatic rings. The van der Waals surface area contributed by atoms with Gasteiger partial charge in [0.2, 0.25) is 0 Å². The van der Waals surface area contributed by atoms with E-state index in [0.717, 1.165) is 12.1 Å². The van der Waals surface area contributed by atoms with Gasteiger partial charge in [-0.15, -0.1) is 0 Å². The predicted molar refractivity (Wildman–Crippen MR) is 101 cm³/mol. The molecule has 0 spiro atoms. The van der Waals surface area contributed by atoms with Crippen LogP contribution >= 0.6 is 15.9 Å². The van der Waals surface area contributed by atoms with Gasteiger partial charge in [0.15, 0.2) is 5.76 Å². The summed E-state index contributed by atoms with van der Waals surface area (Å²) >= 11 is 3.01. The van der Waals surface area contributed by atoms with Crippen molar-refractivity contribution in [2.45, 2.75) is 0 Å². The quantitative estimate of drug-likeness (QED) is 0.373. The van der Waals surface area contributed by atoms with E-state index in [1.54, 1.807) is 30.3 Å². The molecule has 0 saturated carbocycles. The highest BCUT2D eigenvalue weighted by atomic mass is 79.9. The SMILES string of the molecule is O=C(Nc1cccc(N=Cc2cc([N+](=O)[O-])cc(Br)c2[O-])c1)c1ccco1. The van der Waals surface area contributed by atoms with Gasteiger partial charge < -0.3 is 14.8 Å². The fourth-order valence-electron chi connectivity index (χ4n) is 2.21. The summed E-state index contributed by atoms with van der Waals surface area (Å²) in [6.07, 6.45) is 2.64. The number of aliphatic imine (C=N–C) groups is 1. The highest BCUT2D eigenvalue weighted by Crippen LogP contribution is 2.30. The molecule has 1 aromatic heterocycles. The summed E-state index contributed by atoms with van der Waals surface area (Å²) in [5.74, 6) is -0.654. The first kappa shape index (κ1) is 18.3. The number of hydrogen-bond acceptors (Lipinski definition) is 6. The molecule has 1 heterocycles. The van der Waals surface area contributed by atoms with Crippen LogP contribution in [0.2, 0.25) is 0 Å². The maximum Gasteiger partial charge on any atom is 0.291 e. The average Bonchev–Trinajstić information content (AvgIpc) is 3.18. The van der Waals surface area contributed by atoms with E-state index in [4.69, 9.17) is 4.42 Å². The summed E-state index contributed by atoms with van der Waals surface area (Å²) in [4.78, 5) is 26.5. The summed E-state index contributed by atoms with van der Waals surface area (Å²) in [7, 11) is 0. The lowest BCUT2D eigenvalue weighted by Crippen LogP contribution is -2.10. The van der Waals surface area contributed by atoms with E-state index in [-0.39, 0.29) is 21.5 Å². The lowest BCUT2D eigenvalue weighted by molar-refractivity contribution is -0.385. The number of halogens is 1. The topological polar surface area (TPSA) is 121 Å². The average molecular weight is 429 g/mol. The van der Waals surface area contributed by atoms with Crippen molar-refractivity contribution in [2.75, 3.05) is 5.32 Å². The van der Waals surface area contributed by atoms with E-state index < -0.39 is 16.6 Å². The summed E-state index contributed by atoms with van der Waals surface area (Å²) in [5, 5.41) is 25.7. The Labute approximate surface area is 161 Å². The molecule has 9 heteroatoms. The van der Waals surface area contributed by atoms with Crippen LogP contribution in [0.5, 0.6) is 5.75 Å².